The number of carbonyl (C=O) groups excluding carboxylic acids is 1. The zero-order valence-corrected chi connectivity index (χ0v) is 9.45. The summed E-state index contributed by atoms with van der Waals surface area (Å²) in [6.45, 7) is 5.77. The second-order valence-corrected chi connectivity index (χ2v) is 4.09. The summed E-state index contributed by atoms with van der Waals surface area (Å²) < 4.78 is 0. The first-order valence-corrected chi connectivity index (χ1v) is 5.17. The molecule has 0 aromatic heterocycles. The van der Waals surface area contributed by atoms with Gasteiger partial charge in [0.1, 0.15) is 0 Å². The molecule has 1 amide bonds. The fourth-order valence-corrected chi connectivity index (χ4v) is 1.14. The van der Waals surface area contributed by atoms with Gasteiger partial charge in [-0.15, -0.1) is 0 Å². The number of rotatable bonds is 2. The summed E-state index contributed by atoms with van der Waals surface area (Å²) in [4.78, 5) is 11.5. The zero-order valence-electron chi connectivity index (χ0n) is 9.45. The van der Waals surface area contributed by atoms with E-state index in [1.807, 2.05) is 38.2 Å². The normalized spacial score (nSPS) is 20.7. The van der Waals surface area contributed by atoms with Crippen LogP contribution in [0.3, 0.4) is 0 Å². The van der Waals surface area contributed by atoms with Gasteiger partial charge in [0.05, 0.1) is 11.4 Å². The zero-order chi connectivity index (χ0) is 11.4. The lowest BCUT2D eigenvalue weighted by molar-refractivity contribution is -0.123. The van der Waals surface area contributed by atoms with E-state index in [1.54, 1.807) is 0 Å². The molecule has 0 radical (unpaired) electrons. The first kappa shape index (κ1) is 11.6. The van der Waals surface area contributed by atoms with Crippen LogP contribution in [0, 0.1) is 11.8 Å². The fraction of sp³-hybridized carbons (Fsp3) is 0.417. The van der Waals surface area contributed by atoms with Gasteiger partial charge >= 0.3 is 0 Å². The maximum absolute atomic E-state index is 11.5. The van der Waals surface area contributed by atoms with Crippen molar-refractivity contribution in [1.29, 1.82) is 0 Å². The van der Waals surface area contributed by atoms with Gasteiger partial charge in [0, 0.05) is 5.92 Å². The molecule has 1 aliphatic rings. The molecule has 0 saturated carbocycles. The maximum atomic E-state index is 11.5. The van der Waals surface area contributed by atoms with Gasteiger partial charge in [0.25, 0.3) is 0 Å². The fourth-order valence-electron chi connectivity index (χ4n) is 1.14. The number of allylic oxidation sites excluding steroid dienone is 4. The molecule has 1 aliphatic carbocycles. The van der Waals surface area contributed by atoms with Crippen LogP contribution in [0.25, 0.3) is 0 Å². The molecular weight excluding hydrogens is 188 g/mol. The summed E-state index contributed by atoms with van der Waals surface area (Å²) >= 11 is 0. The second kappa shape index (κ2) is 4.82. The van der Waals surface area contributed by atoms with E-state index in [0.717, 1.165) is 0 Å². The van der Waals surface area contributed by atoms with E-state index in [2.05, 4.69) is 12.2 Å². The van der Waals surface area contributed by atoms with Crippen LogP contribution in [0.5, 0.6) is 0 Å². The van der Waals surface area contributed by atoms with Gasteiger partial charge in [0.2, 0.25) is 5.91 Å². The molecule has 3 nitrogen and oxygen atoms in total. The van der Waals surface area contributed by atoms with Crippen LogP contribution >= 0.6 is 0 Å². The van der Waals surface area contributed by atoms with Crippen LogP contribution < -0.4 is 11.1 Å². The largest absolute Gasteiger partial charge is 0.397 e. The van der Waals surface area contributed by atoms with E-state index >= 15 is 0 Å². The Morgan fingerprint density at radius 3 is 2.60 bits per heavy atom. The lowest BCUT2D eigenvalue weighted by Crippen LogP contribution is -2.28. The molecule has 3 N–H and O–H groups in total. The van der Waals surface area contributed by atoms with Crippen molar-refractivity contribution in [1.82, 2.24) is 5.32 Å². The van der Waals surface area contributed by atoms with Gasteiger partial charge in [-0.25, -0.2) is 0 Å². The molecule has 0 aromatic rings. The third-order valence-corrected chi connectivity index (χ3v) is 2.24. The molecule has 0 fully saturated rings. The molecule has 1 atom stereocenters. The first-order chi connectivity index (χ1) is 7.00. The third-order valence-electron chi connectivity index (χ3n) is 2.24. The lowest BCUT2D eigenvalue weighted by Gasteiger charge is -2.09. The minimum absolute atomic E-state index is 0.0134. The Kier molecular flexibility index (Phi) is 3.72. The van der Waals surface area contributed by atoms with Crippen molar-refractivity contribution in [2.75, 3.05) is 0 Å². The summed E-state index contributed by atoms with van der Waals surface area (Å²) in [5.41, 5.74) is 7.11. The number of nitrogens with two attached hydrogens (primary N) is 1. The summed E-state index contributed by atoms with van der Waals surface area (Å²) in [6, 6.07) is 0. The lowest BCUT2D eigenvalue weighted by atomic mass is 10.1. The summed E-state index contributed by atoms with van der Waals surface area (Å²) in [7, 11) is 0. The quantitative estimate of drug-likeness (QED) is 0.722. The number of amides is 1. The Morgan fingerprint density at radius 2 is 2.00 bits per heavy atom. The van der Waals surface area contributed by atoms with Crippen LogP contribution in [0.15, 0.2) is 35.7 Å². The Labute approximate surface area is 90.7 Å². The van der Waals surface area contributed by atoms with E-state index in [4.69, 9.17) is 5.73 Å². The van der Waals surface area contributed by atoms with Crippen molar-refractivity contribution in [3.8, 4) is 0 Å². The van der Waals surface area contributed by atoms with E-state index in [0.29, 0.717) is 17.3 Å². The van der Waals surface area contributed by atoms with Gasteiger partial charge in [-0.3, -0.25) is 4.79 Å². The molecule has 0 aromatic carbocycles. The smallest absolute Gasteiger partial charge is 0.226 e. The Hall–Kier alpha value is -1.51. The summed E-state index contributed by atoms with van der Waals surface area (Å²) in [5.74, 6) is 0.293. The van der Waals surface area contributed by atoms with E-state index in [1.165, 1.54) is 0 Å². The van der Waals surface area contributed by atoms with Gasteiger partial charge in [-0.05, 0) is 18.1 Å². The molecular formula is C12H18N2O. The van der Waals surface area contributed by atoms with Gasteiger partial charge in [-0.2, -0.15) is 0 Å². The van der Waals surface area contributed by atoms with Crippen molar-refractivity contribution in [2.45, 2.75) is 20.8 Å². The summed E-state index contributed by atoms with van der Waals surface area (Å²) in [5, 5.41) is 2.81. The number of hydrogen-bond acceptors (Lipinski definition) is 2. The van der Waals surface area contributed by atoms with E-state index < -0.39 is 0 Å². The molecule has 0 aliphatic heterocycles. The predicted molar refractivity (Wildman–Crippen MR) is 61.6 cm³/mol. The van der Waals surface area contributed by atoms with E-state index in [9.17, 15) is 4.79 Å². The van der Waals surface area contributed by atoms with Crippen molar-refractivity contribution in [2.24, 2.45) is 17.6 Å². The topological polar surface area (TPSA) is 55.1 Å². The third kappa shape index (κ3) is 3.27. The molecule has 1 rings (SSSR count). The highest BCUT2D eigenvalue weighted by molar-refractivity contribution is 5.80. The first-order valence-electron chi connectivity index (χ1n) is 5.17. The molecule has 0 spiro atoms. The second-order valence-electron chi connectivity index (χ2n) is 4.09. The summed E-state index contributed by atoms with van der Waals surface area (Å²) in [6.07, 6.45) is 7.70. The van der Waals surface area contributed by atoms with E-state index in [-0.39, 0.29) is 11.8 Å². The minimum atomic E-state index is -0.0386. The maximum Gasteiger partial charge on any atom is 0.226 e. The number of nitrogens with one attached hydrogen (secondary N) is 1. The van der Waals surface area contributed by atoms with Crippen LogP contribution in [-0.4, -0.2) is 5.91 Å². The van der Waals surface area contributed by atoms with Crippen molar-refractivity contribution < 1.29 is 4.79 Å². The molecule has 1 unspecified atom stereocenters. The molecule has 0 saturated heterocycles. The van der Waals surface area contributed by atoms with Gasteiger partial charge in [0.15, 0.2) is 0 Å². The molecule has 0 heterocycles. The average Bonchev–Trinajstić information content (AvgIpc) is 2.32. The Morgan fingerprint density at radius 1 is 1.40 bits per heavy atom. The average molecular weight is 206 g/mol. The monoisotopic (exact) mass is 206 g/mol. The minimum Gasteiger partial charge on any atom is -0.397 e. The predicted octanol–water partition coefficient (Wildman–Crippen LogP) is 1.69. The Bertz CT molecular complexity index is 338. The molecule has 82 valence electrons. The van der Waals surface area contributed by atoms with Crippen molar-refractivity contribution in [3.05, 3.63) is 35.7 Å². The van der Waals surface area contributed by atoms with Crippen LogP contribution in [-0.2, 0) is 4.79 Å². The Balaban J connectivity index is 2.81. The standard InChI is InChI=1S/C12H18N2O/c1-8(2)12(15)14-11-7-5-9(3)4-6-10(11)13/h4-9H,13H2,1-3H3,(H,14,15). The highest BCUT2D eigenvalue weighted by Crippen LogP contribution is 2.11. The van der Waals surface area contributed by atoms with Gasteiger partial charge < -0.3 is 11.1 Å². The SMILES string of the molecule is CC1C=CC(N)=C(NC(=O)C(C)C)C=C1. The highest BCUT2D eigenvalue weighted by Gasteiger charge is 2.10. The van der Waals surface area contributed by atoms with Crippen molar-refractivity contribution >= 4 is 5.91 Å². The van der Waals surface area contributed by atoms with Crippen LogP contribution in [0.4, 0.5) is 0 Å². The number of hydrogen-bond donors (Lipinski definition) is 2. The molecule has 0 bridgehead atoms. The molecule has 3 heteroatoms. The van der Waals surface area contributed by atoms with Crippen LogP contribution in [0.1, 0.15) is 20.8 Å². The highest BCUT2D eigenvalue weighted by atomic mass is 16.1. The molecule has 15 heavy (non-hydrogen) atoms. The number of carbonyl (C=O) groups is 1. The van der Waals surface area contributed by atoms with Crippen LogP contribution in [0.2, 0.25) is 0 Å². The van der Waals surface area contributed by atoms with Gasteiger partial charge in [-0.1, -0.05) is 32.9 Å². The van der Waals surface area contributed by atoms with Crippen molar-refractivity contribution in [3.63, 3.8) is 0 Å².